The lowest BCUT2D eigenvalue weighted by molar-refractivity contribution is 0.0783. The van der Waals surface area contributed by atoms with E-state index in [0.29, 0.717) is 0 Å². The first-order valence-electron chi connectivity index (χ1n) is 7.43. The quantitative estimate of drug-likeness (QED) is 0.854. The van der Waals surface area contributed by atoms with E-state index in [-0.39, 0.29) is 24.4 Å². The van der Waals surface area contributed by atoms with Crippen molar-refractivity contribution < 1.29 is 22.0 Å². The van der Waals surface area contributed by atoms with Crippen molar-refractivity contribution in [2.24, 2.45) is 0 Å². The van der Waals surface area contributed by atoms with Gasteiger partial charge in [-0.05, 0) is 30.7 Å². The highest BCUT2D eigenvalue weighted by Gasteiger charge is 2.37. The number of rotatable bonds is 3. The zero-order valence-corrected chi connectivity index (χ0v) is 13.5. The smallest absolute Gasteiger partial charge is 0.259 e. The van der Waals surface area contributed by atoms with Crippen LogP contribution in [0.5, 0.6) is 0 Å². The Morgan fingerprint density at radius 3 is 2.25 bits per heavy atom. The summed E-state index contributed by atoms with van der Waals surface area (Å²) in [5.74, 6) is -2.72. The first kappa shape index (κ1) is 16.6. The Labute approximate surface area is 138 Å². The molecule has 1 saturated heterocycles. The number of sulfone groups is 1. The van der Waals surface area contributed by atoms with E-state index in [9.17, 15) is 22.0 Å². The molecule has 1 heterocycles. The minimum Gasteiger partial charge on any atom is -0.337 e. The van der Waals surface area contributed by atoms with Gasteiger partial charge in [0.1, 0.15) is 17.2 Å². The molecule has 0 radical (unpaired) electrons. The van der Waals surface area contributed by atoms with E-state index >= 15 is 0 Å². The fourth-order valence-corrected chi connectivity index (χ4v) is 4.54. The van der Waals surface area contributed by atoms with Crippen molar-refractivity contribution in [3.8, 4) is 0 Å². The normalized spacial score (nSPS) is 17.9. The molecule has 0 saturated carbocycles. The van der Waals surface area contributed by atoms with Crippen molar-refractivity contribution in [1.29, 1.82) is 0 Å². The van der Waals surface area contributed by atoms with Crippen LogP contribution in [-0.4, -0.2) is 37.6 Å². The molecule has 2 aromatic rings. The van der Waals surface area contributed by atoms with Gasteiger partial charge in [-0.1, -0.05) is 24.3 Å². The monoisotopic (exact) mass is 351 g/mol. The van der Waals surface area contributed by atoms with Crippen LogP contribution in [0.1, 0.15) is 16.8 Å². The van der Waals surface area contributed by atoms with Crippen molar-refractivity contribution in [2.75, 3.05) is 13.1 Å². The molecule has 0 aliphatic carbocycles. The summed E-state index contributed by atoms with van der Waals surface area (Å²) in [7, 11) is -3.59. The fraction of sp³-hybridized carbons (Fsp3) is 0.235. The second-order valence-corrected chi connectivity index (χ2v) is 7.84. The molecule has 3 rings (SSSR count). The number of amides is 1. The first-order chi connectivity index (χ1) is 11.4. The number of benzene rings is 2. The Kier molecular flexibility index (Phi) is 4.36. The zero-order valence-electron chi connectivity index (χ0n) is 12.7. The van der Waals surface area contributed by atoms with Crippen molar-refractivity contribution in [3.63, 3.8) is 0 Å². The van der Waals surface area contributed by atoms with E-state index in [1.54, 1.807) is 18.2 Å². The maximum Gasteiger partial charge on any atom is 0.259 e. The maximum atomic E-state index is 13.7. The molecule has 1 fully saturated rings. The number of nitrogens with zero attached hydrogens (tertiary/aromatic N) is 1. The van der Waals surface area contributed by atoms with Gasteiger partial charge in [-0.3, -0.25) is 4.79 Å². The van der Waals surface area contributed by atoms with E-state index < -0.39 is 38.2 Å². The fourth-order valence-electron chi connectivity index (χ4n) is 2.83. The molecule has 1 aliphatic heterocycles. The SMILES string of the molecule is O=C(c1c(F)cccc1F)N1CCC(S(=O)(=O)c2ccccc2)C1. The zero-order chi connectivity index (χ0) is 17.3. The molecular formula is C17H15F2NO3S. The average Bonchev–Trinajstić information content (AvgIpc) is 3.06. The topological polar surface area (TPSA) is 54.5 Å². The molecule has 0 N–H and O–H groups in total. The summed E-state index contributed by atoms with van der Waals surface area (Å²) in [6, 6.07) is 11.1. The highest BCUT2D eigenvalue weighted by molar-refractivity contribution is 7.92. The summed E-state index contributed by atoms with van der Waals surface area (Å²) in [6.45, 7) is 0.0627. The van der Waals surface area contributed by atoms with E-state index in [2.05, 4.69) is 0 Å². The van der Waals surface area contributed by atoms with Crippen LogP contribution in [0.2, 0.25) is 0 Å². The van der Waals surface area contributed by atoms with Crippen molar-refractivity contribution in [2.45, 2.75) is 16.6 Å². The van der Waals surface area contributed by atoms with Crippen LogP contribution < -0.4 is 0 Å². The van der Waals surface area contributed by atoms with Gasteiger partial charge in [0.15, 0.2) is 9.84 Å². The molecule has 0 aromatic heterocycles. The number of likely N-dealkylation sites (tertiary alicyclic amines) is 1. The number of carbonyl (C=O) groups excluding carboxylic acids is 1. The molecule has 1 aliphatic rings. The molecule has 1 atom stereocenters. The molecule has 0 bridgehead atoms. The summed E-state index contributed by atoms with van der Waals surface area (Å²) < 4.78 is 52.7. The largest absolute Gasteiger partial charge is 0.337 e. The minimum atomic E-state index is -3.59. The van der Waals surface area contributed by atoms with Crippen molar-refractivity contribution in [3.05, 3.63) is 65.7 Å². The third-order valence-corrected chi connectivity index (χ3v) is 6.31. The molecule has 4 nitrogen and oxygen atoms in total. The lowest BCUT2D eigenvalue weighted by Crippen LogP contribution is -2.33. The van der Waals surface area contributed by atoms with Gasteiger partial charge in [0.2, 0.25) is 0 Å². The number of hydrogen-bond acceptors (Lipinski definition) is 3. The van der Waals surface area contributed by atoms with Gasteiger partial charge in [-0.25, -0.2) is 17.2 Å². The molecule has 7 heteroatoms. The molecule has 126 valence electrons. The summed E-state index contributed by atoms with van der Waals surface area (Å²) in [4.78, 5) is 13.7. The molecular weight excluding hydrogens is 336 g/mol. The van der Waals surface area contributed by atoms with E-state index in [1.165, 1.54) is 23.1 Å². The van der Waals surface area contributed by atoms with Gasteiger partial charge in [-0.15, -0.1) is 0 Å². The van der Waals surface area contributed by atoms with Crippen LogP contribution in [0.25, 0.3) is 0 Å². The highest BCUT2D eigenvalue weighted by Crippen LogP contribution is 2.26. The van der Waals surface area contributed by atoms with Crippen molar-refractivity contribution >= 4 is 15.7 Å². The van der Waals surface area contributed by atoms with Gasteiger partial charge in [0.05, 0.1) is 10.1 Å². The summed E-state index contributed by atoms with van der Waals surface area (Å²) in [5, 5.41) is -0.779. The summed E-state index contributed by atoms with van der Waals surface area (Å²) >= 11 is 0. The van der Waals surface area contributed by atoms with Crippen LogP contribution in [0.3, 0.4) is 0 Å². The van der Waals surface area contributed by atoms with Gasteiger partial charge < -0.3 is 4.90 Å². The van der Waals surface area contributed by atoms with Gasteiger partial charge in [-0.2, -0.15) is 0 Å². The number of hydrogen-bond donors (Lipinski definition) is 0. The summed E-state index contributed by atoms with van der Waals surface area (Å²) in [6.07, 6.45) is 0.235. The second-order valence-electron chi connectivity index (χ2n) is 5.62. The van der Waals surface area contributed by atoms with Crippen LogP contribution in [0, 0.1) is 11.6 Å². The van der Waals surface area contributed by atoms with Crippen LogP contribution in [-0.2, 0) is 9.84 Å². The van der Waals surface area contributed by atoms with Gasteiger partial charge in [0.25, 0.3) is 5.91 Å². The molecule has 1 amide bonds. The Balaban J connectivity index is 1.82. The van der Waals surface area contributed by atoms with Crippen LogP contribution in [0.15, 0.2) is 53.4 Å². The number of halogens is 2. The Bertz CT molecular complexity index is 848. The van der Waals surface area contributed by atoms with E-state index in [0.717, 1.165) is 12.1 Å². The molecule has 0 spiro atoms. The first-order valence-corrected chi connectivity index (χ1v) is 8.98. The third kappa shape index (κ3) is 2.91. The molecule has 2 aromatic carbocycles. The van der Waals surface area contributed by atoms with Gasteiger partial charge in [0, 0.05) is 13.1 Å². The summed E-state index contributed by atoms with van der Waals surface area (Å²) in [5.41, 5.74) is -0.643. The van der Waals surface area contributed by atoms with Crippen LogP contribution in [0.4, 0.5) is 8.78 Å². The molecule has 24 heavy (non-hydrogen) atoms. The predicted octanol–water partition coefficient (Wildman–Crippen LogP) is 2.65. The Morgan fingerprint density at radius 2 is 1.62 bits per heavy atom. The predicted molar refractivity (Wildman–Crippen MR) is 84.3 cm³/mol. The Hall–Kier alpha value is -2.28. The number of carbonyl (C=O) groups is 1. The van der Waals surface area contributed by atoms with Gasteiger partial charge >= 0.3 is 0 Å². The lowest BCUT2D eigenvalue weighted by atomic mass is 10.1. The minimum absolute atomic E-state index is 0.0795. The van der Waals surface area contributed by atoms with E-state index in [1.807, 2.05) is 0 Å². The average molecular weight is 351 g/mol. The van der Waals surface area contributed by atoms with E-state index in [4.69, 9.17) is 0 Å². The van der Waals surface area contributed by atoms with Crippen molar-refractivity contribution in [1.82, 2.24) is 4.90 Å². The standard InChI is InChI=1S/C17H15F2NO3S/c18-14-7-4-8-15(19)16(14)17(21)20-10-9-13(11-20)24(22,23)12-5-2-1-3-6-12/h1-8,13H,9-11H2. The van der Waals surface area contributed by atoms with Crippen LogP contribution >= 0.6 is 0 Å². The third-order valence-electron chi connectivity index (χ3n) is 4.12. The Morgan fingerprint density at radius 1 is 1.00 bits per heavy atom. The molecule has 1 unspecified atom stereocenters. The second kappa shape index (κ2) is 6.32. The lowest BCUT2D eigenvalue weighted by Gasteiger charge is -2.17. The highest BCUT2D eigenvalue weighted by atomic mass is 32.2. The maximum absolute atomic E-state index is 13.7.